The van der Waals surface area contributed by atoms with Gasteiger partial charge in [0.1, 0.15) is 11.6 Å². The second kappa shape index (κ2) is 6.09. The number of anilines is 1. The third-order valence-corrected chi connectivity index (χ3v) is 2.36. The first-order valence-electron chi connectivity index (χ1n) is 5.75. The second-order valence-electron chi connectivity index (χ2n) is 3.99. The monoisotopic (exact) mass is 282 g/mol. The Labute approximate surface area is 113 Å². The quantitative estimate of drug-likeness (QED) is 0.877. The van der Waals surface area contributed by atoms with E-state index in [1.807, 2.05) is 0 Å². The highest BCUT2D eigenvalue weighted by Crippen LogP contribution is 2.15. The molecule has 1 aromatic carbocycles. The molecule has 2 N–H and O–H groups in total. The zero-order chi connectivity index (χ0) is 14.5. The lowest BCUT2D eigenvalue weighted by molar-refractivity contribution is -0.115. The molecule has 0 saturated heterocycles. The number of H-pyrrole nitrogens is 1. The highest BCUT2D eigenvalue weighted by atomic mass is 19.3. The topological polar surface area (TPSA) is 79.9 Å². The van der Waals surface area contributed by atoms with E-state index in [0.29, 0.717) is 11.4 Å². The summed E-state index contributed by atoms with van der Waals surface area (Å²) in [6.45, 7) is -1.15. The number of rotatable bonds is 5. The highest BCUT2D eigenvalue weighted by molar-refractivity contribution is 5.90. The Morgan fingerprint density at radius 1 is 1.40 bits per heavy atom. The first-order chi connectivity index (χ1) is 9.52. The number of benzene rings is 1. The molecule has 1 heterocycles. The number of aryl methyl sites for hydroxylation is 1. The van der Waals surface area contributed by atoms with Gasteiger partial charge in [0, 0.05) is 0 Å². The summed E-state index contributed by atoms with van der Waals surface area (Å²) in [6, 6.07) is 5.85. The number of halogens is 2. The normalized spacial score (nSPS) is 10.6. The van der Waals surface area contributed by atoms with E-state index < -0.39 is 6.61 Å². The Kier molecular flexibility index (Phi) is 4.24. The first kappa shape index (κ1) is 13.9. The average molecular weight is 282 g/mol. The number of carbonyl (C=O) groups excluding carboxylic acids is 1. The van der Waals surface area contributed by atoms with Crippen molar-refractivity contribution in [3.63, 3.8) is 0 Å². The third-order valence-electron chi connectivity index (χ3n) is 2.36. The maximum atomic E-state index is 12.0. The fourth-order valence-electron chi connectivity index (χ4n) is 1.54. The Balaban J connectivity index is 1.91. The molecule has 1 aromatic heterocycles. The van der Waals surface area contributed by atoms with Crippen LogP contribution in [0.5, 0.6) is 5.75 Å². The molecule has 0 radical (unpaired) electrons. The fraction of sp³-hybridized carbons (Fsp3) is 0.250. The number of aromatic amines is 1. The highest BCUT2D eigenvalue weighted by Gasteiger charge is 2.08. The van der Waals surface area contributed by atoms with E-state index in [-0.39, 0.29) is 24.0 Å². The van der Waals surface area contributed by atoms with Crippen LogP contribution in [0, 0.1) is 6.92 Å². The molecular weight excluding hydrogens is 270 g/mol. The number of hydrogen-bond acceptors (Lipinski definition) is 4. The van der Waals surface area contributed by atoms with Crippen molar-refractivity contribution in [3.8, 4) is 5.75 Å². The summed E-state index contributed by atoms with van der Waals surface area (Å²) in [6.07, 6.45) is 0.0859. The van der Waals surface area contributed by atoms with Gasteiger partial charge in [-0.15, -0.1) is 5.10 Å². The molecule has 0 spiro atoms. The molecule has 2 rings (SSSR count). The van der Waals surface area contributed by atoms with E-state index in [4.69, 9.17) is 0 Å². The number of nitrogens with zero attached hydrogens (tertiary/aromatic N) is 2. The molecule has 106 valence electrons. The Morgan fingerprint density at radius 3 is 2.65 bits per heavy atom. The van der Waals surface area contributed by atoms with Crippen molar-refractivity contribution in [1.82, 2.24) is 15.2 Å². The van der Waals surface area contributed by atoms with Crippen LogP contribution in [0.1, 0.15) is 11.4 Å². The molecule has 2 aromatic rings. The first-order valence-corrected chi connectivity index (χ1v) is 5.75. The van der Waals surface area contributed by atoms with Crippen molar-refractivity contribution in [1.29, 1.82) is 0 Å². The van der Waals surface area contributed by atoms with Crippen LogP contribution in [0.15, 0.2) is 24.3 Å². The fourth-order valence-corrected chi connectivity index (χ4v) is 1.54. The van der Waals surface area contributed by atoms with Gasteiger partial charge in [-0.25, -0.2) is 0 Å². The molecule has 6 nitrogen and oxygen atoms in total. The second-order valence-corrected chi connectivity index (χ2v) is 3.99. The van der Waals surface area contributed by atoms with Crippen molar-refractivity contribution in [3.05, 3.63) is 35.7 Å². The van der Waals surface area contributed by atoms with Gasteiger partial charge in [0.2, 0.25) is 11.9 Å². The van der Waals surface area contributed by atoms with Crippen molar-refractivity contribution in [2.24, 2.45) is 0 Å². The van der Waals surface area contributed by atoms with Gasteiger partial charge in [-0.3, -0.25) is 15.2 Å². The van der Waals surface area contributed by atoms with Crippen molar-refractivity contribution in [2.45, 2.75) is 20.0 Å². The molecule has 0 saturated carbocycles. The number of carbonyl (C=O) groups is 1. The van der Waals surface area contributed by atoms with Crippen LogP contribution >= 0.6 is 0 Å². The molecule has 1 amide bonds. The van der Waals surface area contributed by atoms with E-state index in [2.05, 4.69) is 25.2 Å². The van der Waals surface area contributed by atoms with E-state index >= 15 is 0 Å². The van der Waals surface area contributed by atoms with Gasteiger partial charge >= 0.3 is 6.61 Å². The molecule has 0 aliphatic carbocycles. The van der Waals surface area contributed by atoms with Gasteiger partial charge in [0.15, 0.2) is 0 Å². The third kappa shape index (κ3) is 4.01. The van der Waals surface area contributed by atoms with Gasteiger partial charge in [-0.1, -0.05) is 12.1 Å². The Hall–Kier alpha value is -2.51. The lowest BCUT2D eigenvalue weighted by Crippen LogP contribution is -2.15. The molecule has 0 aliphatic rings. The summed E-state index contributed by atoms with van der Waals surface area (Å²) in [5.41, 5.74) is 0.663. The van der Waals surface area contributed by atoms with Gasteiger partial charge in [-0.05, 0) is 24.6 Å². The van der Waals surface area contributed by atoms with Crippen LogP contribution in [0.2, 0.25) is 0 Å². The van der Waals surface area contributed by atoms with Gasteiger partial charge in [0.05, 0.1) is 6.42 Å². The van der Waals surface area contributed by atoms with Gasteiger partial charge < -0.3 is 4.74 Å². The van der Waals surface area contributed by atoms with E-state index in [0.717, 1.165) is 0 Å². The Morgan fingerprint density at radius 2 is 2.10 bits per heavy atom. The minimum atomic E-state index is -2.86. The van der Waals surface area contributed by atoms with Crippen molar-refractivity contribution in [2.75, 3.05) is 5.32 Å². The largest absolute Gasteiger partial charge is 0.435 e. The molecule has 0 bridgehead atoms. The maximum absolute atomic E-state index is 12.0. The molecular formula is C12H12F2N4O2. The summed E-state index contributed by atoms with van der Waals surface area (Å²) in [7, 11) is 0. The zero-order valence-corrected chi connectivity index (χ0v) is 10.6. The van der Waals surface area contributed by atoms with Crippen LogP contribution in [-0.4, -0.2) is 27.7 Å². The number of hydrogen-bond donors (Lipinski definition) is 2. The van der Waals surface area contributed by atoms with E-state index in [1.165, 1.54) is 12.1 Å². The number of amides is 1. The maximum Gasteiger partial charge on any atom is 0.387 e. The van der Waals surface area contributed by atoms with Gasteiger partial charge in [-0.2, -0.15) is 13.8 Å². The predicted octanol–water partition coefficient (Wildman–Crippen LogP) is 1.90. The molecule has 0 unspecified atom stereocenters. The average Bonchev–Trinajstić information content (AvgIpc) is 2.76. The molecule has 8 heteroatoms. The summed E-state index contributed by atoms with van der Waals surface area (Å²) in [5, 5.41) is 8.89. The van der Waals surface area contributed by atoms with Crippen LogP contribution in [0.4, 0.5) is 14.7 Å². The molecule has 0 fully saturated rings. The number of nitrogens with one attached hydrogen (secondary N) is 2. The van der Waals surface area contributed by atoms with Crippen LogP contribution in [0.3, 0.4) is 0 Å². The summed E-state index contributed by atoms with van der Waals surface area (Å²) < 4.78 is 28.2. The molecule has 20 heavy (non-hydrogen) atoms. The zero-order valence-electron chi connectivity index (χ0n) is 10.6. The van der Waals surface area contributed by atoms with E-state index in [9.17, 15) is 13.6 Å². The van der Waals surface area contributed by atoms with Crippen molar-refractivity contribution >= 4 is 11.9 Å². The summed E-state index contributed by atoms with van der Waals surface area (Å²) >= 11 is 0. The lowest BCUT2D eigenvalue weighted by Gasteiger charge is -2.05. The minimum absolute atomic E-state index is 0.0498. The number of ether oxygens (including phenoxy) is 1. The molecule has 0 atom stereocenters. The van der Waals surface area contributed by atoms with Crippen LogP contribution in [0.25, 0.3) is 0 Å². The van der Waals surface area contributed by atoms with Crippen LogP contribution < -0.4 is 10.1 Å². The predicted molar refractivity (Wildman–Crippen MR) is 66.5 cm³/mol. The summed E-state index contributed by atoms with van der Waals surface area (Å²) in [5.74, 6) is 0.541. The SMILES string of the molecule is Cc1nc(NC(=O)Cc2ccc(OC(F)F)cc2)n[nH]1. The number of alkyl halides is 2. The smallest absolute Gasteiger partial charge is 0.387 e. The van der Waals surface area contributed by atoms with Gasteiger partial charge in [0.25, 0.3) is 0 Å². The standard InChI is InChI=1S/C12H12F2N4O2/c1-7-15-12(18-17-7)16-10(19)6-8-2-4-9(5-3-8)20-11(13)14/h2-5,11H,6H2,1H3,(H2,15,16,17,18,19). The van der Waals surface area contributed by atoms with E-state index in [1.54, 1.807) is 19.1 Å². The lowest BCUT2D eigenvalue weighted by atomic mass is 10.1. The minimum Gasteiger partial charge on any atom is -0.435 e. The number of aromatic nitrogens is 3. The molecule has 0 aliphatic heterocycles. The van der Waals surface area contributed by atoms with Crippen molar-refractivity contribution < 1.29 is 18.3 Å². The Bertz CT molecular complexity index is 583. The van der Waals surface area contributed by atoms with Crippen LogP contribution in [-0.2, 0) is 11.2 Å². The summed E-state index contributed by atoms with van der Waals surface area (Å²) in [4.78, 5) is 15.6.